The third kappa shape index (κ3) is 6.59. The first-order valence-electron chi connectivity index (χ1n) is 8.77. The maximum atomic E-state index is 12.0. The maximum absolute atomic E-state index is 12.0. The second-order valence-electron chi connectivity index (χ2n) is 6.12. The molecule has 0 heterocycles. The minimum absolute atomic E-state index is 0.0191. The Balaban J connectivity index is 1.76. The van der Waals surface area contributed by atoms with E-state index in [2.05, 4.69) is 5.32 Å². The van der Waals surface area contributed by atoms with Crippen molar-refractivity contribution in [3.63, 3.8) is 0 Å². The van der Waals surface area contributed by atoms with Gasteiger partial charge in [0, 0.05) is 33.0 Å². The Bertz CT molecular complexity index is 699. The Kier molecular flexibility index (Phi) is 7.68. The summed E-state index contributed by atoms with van der Waals surface area (Å²) in [5.41, 5.74) is 2.19. The van der Waals surface area contributed by atoms with Gasteiger partial charge in [0.25, 0.3) is 0 Å². The minimum Gasteiger partial charge on any atom is -0.497 e. The quantitative estimate of drug-likeness (QED) is 0.753. The van der Waals surface area contributed by atoms with Crippen LogP contribution in [-0.2, 0) is 22.6 Å². The normalized spacial score (nSPS) is 10.2. The van der Waals surface area contributed by atoms with Gasteiger partial charge in [-0.25, -0.2) is 0 Å². The van der Waals surface area contributed by atoms with E-state index in [9.17, 15) is 9.59 Å². The molecule has 0 atom stereocenters. The predicted molar refractivity (Wildman–Crippen MR) is 102 cm³/mol. The average molecular weight is 354 g/mol. The van der Waals surface area contributed by atoms with E-state index in [0.29, 0.717) is 26.1 Å². The number of carbonyl (C=O) groups is 2. The number of amides is 2. The van der Waals surface area contributed by atoms with Crippen LogP contribution in [0.4, 0.5) is 0 Å². The van der Waals surface area contributed by atoms with Gasteiger partial charge in [0.15, 0.2) is 0 Å². The van der Waals surface area contributed by atoms with E-state index in [1.54, 1.807) is 12.0 Å². The summed E-state index contributed by atoms with van der Waals surface area (Å²) in [7, 11) is 1.63. The van der Waals surface area contributed by atoms with Crippen molar-refractivity contribution >= 4 is 11.8 Å². The number of carbonyl (C=O) groups excluding carboxylic acids is 2. The lowest BCUT2D eigenvalue weighted by molar-refractivity contribution is -0.129. The largest absolute Gasteiger partial charge is 0.497 e. The van der Waals surface area contributed by atoms with Crippen LogP contribution in [0.3, 0.4) is 0 Å². The van der Waals surface area contributed by atoms with E-state index < -0.39 is 0 Å². The zero-order chi connectivity index (χ0) is 18.8. The molecule has 0 aliphatic carbocycles. The van der Waals surface area contributed by atoms with Crippen LogP contribution in [0, 0.1) is 0 Å². The topological polar surface area (TPSA) is 58.6 Å². The molecule has 0 unspecified atom stereocenters. The standard InChI is InChI=1S/C21H26N2O3/c1-17(24)23(14-12-18-8-10-20(26-2)11-9-18)15-13-21(25)22-16-19-6-4-3-5-7-19/h3-11H,12-16H2,1-2H3,(H,22,25). The van der Waals surface area contributed by atoms with E-state index in [-0.39, 0.29) is 11.8 Å². The summed E-state index contributed by atoms with van der Waals surface area (Å²) in [4.78, 5) is 25.6. The Hall–Kier alpha value is -2.82. The minimum atomic E-state index is -0.0513. The summed E-state index contributed by atoms with van der Waals surface area (Å²) >= 11 is 0. The molecule has 5 nitrogen and oxygen atoms in total. The van der Waals surface area contributed by atoms with Gasteiger partial charge in [-0.05, 0) is 29.7 Å². The van der Waals surface area contributed by atoms with Crippen molar-refractivity contribution in [2.45, 2.75) is 26.3 Å². The lowest BCUT2D eigenvalue weighted by Crippen LogP contribution is -2.35. The summed E-state index contributed by atoms with van der Waals surface area (Å²) in [6.07, 6.45) is 1.05. The highest BCUT2D eigenvalue weighted by Gasteiger charge is 2.11. The third-order valence-electron chi connectivity index (χ3n) is 4.22. The Labute approximate surface area is 155 Å². The molecule has 0 radical (unpaired) electrons. The molecule has 0 aromatic heterocycles. The maximum Gasteiger partial charge on any atom is 0.222 e. The SMILES string of the molecule is COc1ccc(CCN(CCC(=O)NCc2ccccc2)C(C)=O)cc1. The van der Waals surface area contributed by atoms with E-state index in [1.165, 1.54) is 6.92 Å². The number of hydrogen-bond acceptors (Lipinski definition) is 3. The van der Waals surface area contributed by atoms with Crippen molar-refractivity contribution in [3.8, 4) is 5.75 Å². The number of hydrogen-bond donors (Lipinski definition) is 1. The summed E-state index contributed by atoms with van der Waals surface area (Å²) in [5, 5.41) is 2.89. The Morgan fingerprint density at radius 1 is 0.962 bits per heavy atom. The van der Waals surface area contributed by atoms with Gasteiger partial charge < -0.3 is 15.0 Å². The van der Waals surface area contributed by atoms with Crippen LogP contribution < -0.4 is 10.1 Å². The van der Waals surface area contributed by atoms with Crippen LogP contribution in [0.25, 0.3) is 0 Å². The summed E-state index contributed by atoms with van der Waals surface area (Å²) in [6, 6.07) is 17.6. The average Bonchev–Trinajstić information content (AvgIpc) is 2.67. The van der Waals surface area contributed by atoms with Crippen LogP contribution in [-0.4, -0.2) is 36.9 Å². The molecule has 2 amide bonds. The number of nitrogens with one attached hydrogen (secondary N) is 1. The second-order valence-corrected chi connectivity index (χ2v) is 6.12. The lowest BCUT2D eigenvalue weighted by atomic mass is 10.1. The molecule has 0 aliphatic rings. The van der Waals surface area contributed by atoms with Gasteiger partial charge in [-0.2, -0.15) is 0 Å². The molecule has 2 aromatic rings. The zero-order valence-corrected chi connectivity index (χ0v) is 15.4. The Morgan fingerprint density at radius 2 is 1.65 bits per heavy atom. The van der Waals surface area contributed by atoms with Crippen LogP contribution in [0.15, 0.2) is 54.6 Å². The molecule has 2 rings (SSSR count). The molecule has 1 N–H and O–H groups in total. The van der Waals surface area contributed by atoms with Gasteiger partial charge in [0.2, 0.25) is 11.8 Å². The molecule has 26 heavy (non-hydrogen) atoms. The van der Waals surface area contributed by atoms with Crippen molar-refractivity contribution in [1.29, 1.82) is 0 Å². The predicted octanol–water partition coefficient (Wildman–Crippen LogP) is 2.79. The van der Waals surface area contributed by atoms with Crippen LogP contribution in [0.5, 0.6) is 5.75 Å². The molecule has 2 aromatic carbocycles. The first kappa shape index (κ1) is 19.5. The smallest absolute Gasteiger partial charge is 0.222 e. The molecular formula is C21H26N2O3. The fourth-order valence-electron chi connectivity index (χ4n) is 2.60. The number of methoxy groups -OCH3 is 1. The molecule has 138 valence electrons. The van der Waals surface area contributed by atoms with Crippen molar-refractivity contribution in [2.24, 2.45) is 0 Å². The van der Waals surface area contributed by atoms with Crippen LogP contribution in [0.1, 0.15) is 24.5 Å². The zero-order valence-electron chi connectivity index (χ0n) is 15.4. The van der Waals surface area contributed by atoms with E-state index in [1.807, 2.05) is 54.6 Å². The molecule has 0 saturated heterocycles. The highest BCUT2D eigenvalue weighted by Crippen LogP contribution is 2.12. The van der Waals surface area contributed by atoms with Crippen LogP contribution in [0.2, 0.25) is 0 Å². The first-order valence-corrected chi connectivity index (χ1v) is 8.77. The highest BCUT2D eigenvalue weighted by molar-refractivity contribution is 5.78. The number of nitrogens with zero attached hydrogens (tertiary/aromatic N) is 1. The number of ether oxygens (including phenoxy) is 1. The third-order valence-corrected chi connectivity index (χ3v) is 4.22. The van der Waals surface area contributed by atoms with Crippen molar-refractivity contribution in [1.82, 2.24) is 10.2 Å². The van der Waals surface area contributed by atoms with Gasteiger partial charge in [0.05, 0.1) is 7.11 Å². The van der Waals surface area contributed by atoms with Gasteiger partial charge in [0.1, 0.15) is 5.75 Å². The van der Waals surface area contributed by atoms with Gasteiger partial charge in [-0.1, -0.05) is 42.5 Å². The monoisotopic (exact) mass is 354 g/mol. The van der Waals surface area contributed by atoms with Crippen molar-refractivity contribution in [2.75, 3.05) is 20.2 Å². The van der Waals surface area contributed by atoms with Crippen molar-refractivity contribution < 1.29 is 14.3 Å². The van der Waals surface area contributed by atoms with Gasteiger partial charge in [-0.15, -0.1) is 0 Å². The Morgan fingerprint density at radius 3 is 2.27 bits per heavy atom. The summed E-state index contributed by atoms with van der Waals surface area (Å²) in [6.45, 7) is 3.06. The van der Waals surface area contributed by atoms with E-state index in [4.69, 9.17) is 4.74 Å². The highest BCUT2D eigenvalue weighted by atomic mass is 16.5. The molecule has 0 bridgehead atoms. The fourth-order valence-corrected chi connectivity index (χ4v) is 2.60. The second kappa shape index (κ2) is 10.2. The molecule has 0 fully saturated rings. The molecule has 5 heteroatoms. The first-order chi connectivity index (χ1) is 12.6. The van der Waals surface area contributed by atoms with Gasteiger partial charge >= 0.3 is 0 Å². The fraction of sp³-hybridized carbons (Fsp3) is 0.333. The molecule has 0 aliphatic heterocycles. The molecule has 0 saturated carbocycles. The molecular weight excluding hydrogens is 328 g/mol. The number of rotatable bonds is 9. The molecule has 0 spiro atoms. The number of benzene rings is 2. The summed E-state index contributed by atoms with van der Waals surface area (Å²) in [5.74, 6) is 0.742. The van der Waals surface area contributed by atoms with Gasteiger partial charge in [-0.3, -0.25) is 9.59 Å². The lowest BCUT2D eigenvalue weighted by Gasteiger charge is -2.21. The van der Waals surface area contributed by atoms with E-state index in [0.717, 1.165) is 23.3 Å². The van der Waals surface area contributed by atoms with Crippen molar-refractivity contribution in [3.05, 3.63) is 65.7 Å². The summed E-state index contributed by atoms with van der Waals surface area (Å²) < 4.78 is 5.14. The van der Waals surface area contributed by atoms with E-state index >= 15 is 0 Å². The van der Waals surface area contributed by atoms with Crippen LogP contribution >= 0.6 is 0 Å².